The number of aromatic nitrogens is 1. The molecular weight excluding hydrogens is 364 g/mol. The minimum Gasteiger partial charge on any atom is -0.399 e. The zero-order valence-electron chi connectivity index (χ0n) is 17.2. The lowest BCUT2D eigenvalue weighted by molar-refractivity contribution is -0.147. The van der Waals surface area contributed by atoms with Crippen LogP contribution in [0.3, 0.4) is 0 Å². The van der Waals surface area contributed by atoms with Crippen LogP contribution < -0.4 is 16.0 Å². The predicted octanol–water partition coefficient (Wildman–Crippen LogP) is 3.54. The number of piperidine rings is 1. The lowest BCUT2D eigenvalue weighted by Gasteiger charge is -2.40. The SMILES string of the molecule is CCC(CC)NC(=O)C1OC2(CCN(c3cc(N)ccn3)CC2)c2ccccc21. The van der Waals surface area contributed by atoms with Crippen LogP contribution in [0.1, 0.15) is 56.8 Å². The summed E-state index contributed by atoms with van der Waals surface area (Å²) in [6.07, 6.45) is 4.68. The molecule has 1 aromatic heterocycles. The summed E-state index contributed by atoms with van der Waals surface area (Å²) in [5.41, 5.74) is 8.39. The van der Waals surface area contributed by atoms with Gasteiger partial charge in [0, 0.05) is 37.1 Å². The number of carbonyl (C=O) groups excluding carboxylic acids is 1. The third kappa shape index (κ3) is 3.69. The number of hydrogen-bond donors (Lipinski definition) is 2. The maximum atomic E-state index is 13.0. The Balaban J connectivity index is 1.54. The second-order valence-corrected chi connectivity index (χ2v) is 8.04. The fourth-order valence-electron chi connectivity index (χ4n) is 4.55. The van der Waals surface area contributed by atoms with Crippen LogP contribution in [0.2, 0.25) is 0 Å². The van der Waals surface area contributed by atoms with Gasteiger partial charge in [-0.2, -0.15) is 0 Å². The molecule has 1 fully saturated rings. The molecule has 2 aromatic rings. The van der Waals surface area contributed by atoms with Crippen molar-refractivity contribution in [3.8, 4) is 0 Å². The number of ether oxygens (including phenoxy) is 1. The molecule has 0 saturated carbocycles. The summed E-state index contributed by atoms with van der Waals surface area (Å²) < 4.78 is 6.54. The predicted molar refractivity (Wildman–Crippen MR) is 115 cm³/mol. The average Bonchev–Trinajstić information content (AvgIpc) is 3.07. The molecule has 6 nitrogen and oxygen atoms in total. The zero-order chi connectivity index (χ0) is 20.4. The van der Waals surface area contributed by atoms with Gasteiger partial charge >= 0.3 is 0 Å². The zero-order valence-corrected chi connectivity index (χ0v) is 17.2. The van der Waals surface area contributed by atoms with E-state index in [9.17, 15) is 4.79 Å². The summed E-state index contributed by atoms with van der Waals surface area (Å²) in [5.74, 6) is 0.872. The first kappa shape index (κ1) is 19.7. The van der Waals surface area contributed by atoms with Gasteiger partial charge in [-0.25, -0.2) is 4.98 Å². The topological polar surface area (TPSA) is 80.5 Å². The molecule has 0 bridgehead atoms. The standard InChI is InChI=1S/C23H30N4O2/c1-3-17(4-2)26-22(28)21-18-7-5-6-8-19(18)23(29-21)10-13-27(14-11-23)20-15-16(24)9-12-25-20/h5-9,12,15,17,21H,3-4,10-11,13-14H2,1-2H3,(H2,24,25)(H,26,28). The summed E-state index contributed by atoms with van der Waals surface area (Å²) in [6.45, 7) is 5.82. The maximum Gasteiger partial charge on any atom is 0.254 e. The molecule has 1 saturated heterocycles. The van der Waals surface area contributed by atoms with E-state index in [-0.39, 0.29) is 11.9 Å². The molecule has 1 atom stereocenters. The molecule has 1 spiro atoms. The van der Waals surface area contributed by atoms with Crippen LogP contribution in [0, 0.1) is 0 Å². The van der Waals surface area contributed by atoms with Gasteiger partial charge in [0.25, 0.3) is 5.91 Å². The van der Waals surface area contributed by atoms with Gasteiger partial charge < -0.3 is 20.7 Å². The largest absolute Gasteiger partial charge is 0.399 e. The van der Waals surface area contributed by atoms with E-state index in [0.717, 1.165) is 61.4 Å². The molecular formula is C23H30N4O2. The molecule has 3 heterocycles. The molecule has 6 heteroatoms. The highest BCUT2D eigenvalue weighted by molar-refractivity contribution is 5.84. The highest BCUT2D eigenvalue weighted by Gasteiger charge is 2.49. The van der Waals surface area contributed by atoms with Gasteiger partial charge in [-0.1, -0.05) is 38.1 Å². The van der Waals surface area contributed by atoms with E-state index >= 15 is 0 Å². The second kappa shape index (κ2) is 8.03. The highest BCUT2D eigenvalue weighted by Crippen LogP contribution is 2.49. The maximum absolute atomic E-state index is 13.0. The Morgan fingerprint density at radius 2 is 2.00 bits per heavy atom. The van der Waals surface area contributed by atoms with E-state index in [0.29, 0.717) is 0 Å². The third-order valence-electron chi connectivity index (χ3n) is 6.31. The number of nitrogen functional groups attached to an aromatic ring is 1. The van der Waals surface area contributed by atoms with Crippen LogP contribution in [0.25, 0.3) is 0 Å². The van der Waals surface area contributed by atoms with Crippen LogP contribution in [-0.2, 0) is 15.1 Å². The third-order valence-corrected chi connectivity index (χ3v) is 6.31. The molecule has 1 aromatic carbocycles. The number of amides is 1. The van der Waals surface area contributed by atoms with E-state index < -0.39 is 11.7 Å². The van der Waals surface area contributed by atoms with Gasteiger partial charge in [0.2, 0.25) is 0 Å². The van der Waals surface area contributed by atoms with Crippen LogP contribution in [0.5, 0.6) is 0 Å². The Labute approximate surface area is 172 Å². The number of hydrogen-bond acceptors (Lipinski definition) is 5. The van der Waals surface area contributed by atoms with E-state index in [2.05, 4.69) is 35.1 Å². The Morgan fingerprint density at radius 1 is 1.28 bits per heavy atom. The average molecular weight is 395 g/mol. The number of rotatable bonds is 5. The van der Waals surface area contributed by atoms with E-state index in [1.807, 2.05) is 24.3 Å². The van der Waals surface area contributed by atoms with Crippen molar-refractivity contribution in [1.29, 1.82) is 0 Å². The Kier molecular flexibility index (Phi) is 5.46. The normalized spacial score (nSPS) is 20.1. The number of nitrogens with one attached hydrogen (secondary N) is 1. The summed E-state index contributed by atoms with van der Waals surface area (Å²) >= 11 is 0. The molecule has 3 N–H and O–H groups in total. The van der Waals surface area contributed by atoms with Crippen LogP contribution >= 0.6 is 0 Å². The minimum atomic E-state index is -0.538. The molecule has 0 radical (unpaired) electrons. The van der Waals surface area contributed by atoms with Crippen molar-refractivity contribution >= 4 is 17.4 Å². The number of nitrogens with two attached hydrogens (primary N) is 1. The van der Waals surface area contributed by atoms with Crippen LogP contribution in [-0.4, -0.2) is 30.0 Å². The van der Waals surface area contributed by atoms with Crippen molar-refractivity contribution in [2.24, 2.45) is 0 Å². The van der Waals surface area contributed by atoms with Gasteiger partial charge in [-0.05, 0) is 42.9 Å². The number of anilines is 2. The number of pyridine rings is 1. The van der Waals surface area contributed by atoms with Gasteiger partial charge in [0.15, 0.2) is 6.10 Å². The first-order valence-corrected chi connectivity index (χ1v) is 10.6. The summed E-state index contributed by atoms with van der Waals surface area (Å²) in [7, 11) is 0. The van der Waals surface area contributed by atoms with Gasteiger partial charge in [0.1, 0.15) is 5.82 Å². The Bertz CT molecular complexity index is 873. The summed E-state index contributed by atoms with van der Waals surface area (Å²) in [5, 5.41) is 3.16. The summed E-state index contributed by atoms with van der Waals surface area (Å²) in [4.78, 5) is 19.7. The molecule has 2 aliphatic heterocycles. The first-order chi connectivity index (χ1) is 14.1. The second-order valence-electron chi connectivity index (χ2n) is 8.04. The van der Waals surface area contributed by atoms with Gasteiger partial charge in [0.05, 0.1) is 5.60 Å². The monoisotopic (exact) mass is 394 g/mol. The van der Waals surface area contributed by atoms with Crippen molar-refractivity contribution in [3.05, 3.63) is 53.7 Å². The fraction of sp³-hybridized carbons (Fsp3) is 0.478. The number of nitrogens with zero attached hydrogens (tertiary/aromatic N) is 2. The van der Waals surface area contributed by atoms with Gasteiger partial charge in [-0.15, -0.1) is 0 Å². The number of carbonyl (C=O) groups is 1. The molecule has 4 rings (SSSR count). The lowest BCUT2D eigenvalue weighted by atomic mass is 9.83. The van der Waals surface area contributed by atoms with Gasteiger partial charge in [-0.3, -0.25) is 4.79 Å². The van der Waals surface area contributed by atoms with Crippen molar-refractivity contribution in [2.45, 2.75) is 57.3 Å². The van der Waals surface area contributed by atoms with Crippen molar-refractivity contribution in [2.75, 3.05) is 23.7 Å². The van der Waals surface area contributed by atoms with Crippen molar-refractivity contribution in [1.82, 2.24) is 10.3 Å². The Morgan fingerprint density at radius 3 is 2.69 bits per heavy atom. The Hall–Kier alpha value is -2.60. The van der Waals surface area contributed by atoms with E-state index in [4.69, 9.17) is 10.5 Å². The molecule has 2 aliphatic rings. The smallest absolute Gasteiger partial charge is 0.254 e. The van der Waals surface area contributed by atoms with Crippen molar-refractivity contribution in [3.63, 3.8) is 0 Å². The molecule has 1 unspecified atom stereocenters. The lowest BCUT2D eigenvalue weighted by Crippen LogP contribution is -2.44. The van der Waals surface area contributed by atoms with Crippen LogP contribution in [0.15, 0.2) is 42.6 Å². The molecule has 29 heavy (non-hydrogen) atoms. The molecule has 1 amide bonds. The van der Waals surface area contributed by atoms with Crippen LogP contribution in [0.4, 0.5) is 11.5 Å². The first-order valence-electron chi connectivity index (χ1n) is 10.6. The van der Waals surface area contributed by atoms with Crippen molar-refractivity contribution < 1.29 is 9.53 Å². The van der Waals surface area contributed by atoms with E-state index in [1.165, 1.54) is 0 Å². The highest BCUT2D eigenvalue weighted by atomic mass is 16.5. The summed E-state index contributed by atoms with van der Waals surface area (Å²) in [6, 6.07) is 12.1. The number of fused-ring (bicyclic) bond motifs is 2. The quantitative estimate of drug-likeness (QED) is 0.811. The van der Waals surface area contributed by atoms with E-state index in [1.54, 1.807) is 12.3 Å². The molecule has 0 aliphatic carbocycles. The molecule has 154 valence electrons. The number of benzene rings is 1. The fourth-order valence-corrected chi connectivity index (χ4v) is 4.55. The minimum absolute atomic E-state index is 0.0250.